The van der Waals surface area contributed by atoms with Crippen LogP contribution in [-0.4, -0.2) is 42.0 Å². The smallest absolute Gasteiger partial charge is 0.444 e. The second-order valence-corrected chi connectivity index (χ2v) is 5.35. The lowest BCUT2D eigenvalue weighted by atomic mass is 10.2. The highest BCUT2D eigenvalue weighted by atomic mass is 19.4. The van der Waals surface area contributed by atoms with E-state index < -0.39 is 24.5 Å². The summed E-state index contributed by atoms with van der Waals surface area (Å²) in [6.45, 7) is 4.89. The van der Waals surface area contributed by atoms with E-state index in [0.717, 1.165) is 6.42 Å². The molecule has 7 heteroatoms. The van der Waals surface area contributed by atoms with Gasteiger partial charge in [0.05, 0.1) is 0 Å². The molecule has 0 bridgehead atoms. The average Bonchev–Trinajstić information content (AvgIpc) is 2.61. The molecule has 1 aliphatic rings. The highest BCUT2D eigenvalue weighted by Gasteiger charge is 2.44. The lowest BCUT2D eigenvalue weighted by Crippen LogP contribution is -2.50. The quantitative estimate of drug-likeness (QED) is 0.782. The fourth-order valence-corrected chi connectivity index (χ4v) is 1.73. The topological polar surface area (TPSA) is 41.6 Å². The lowest BCUT2D eigenvalue weighted by Gasteiger charge is -2.30. The third-order valence-electron chi connectivity index (χ3n) is 2.49. The van der Waals surface area contributed by atoms with E-state index in [1.807, 2.05) is 0 Å². The highest BCUT2D eigenvalue weighted by molar-refractivity contribution is 5.68. The molecular weight excluding hydrogens is 249 g/mol. The minimum atomic E-state index is -4.72. The molecule has 1 atom stereocenters. The van der Waals surface area contributed by atoms with Crippen molar-refractivity contribution >= 4 is 6.09 Å². The van der Waals surface area contributed by atoms with Crippen LogP contribution in [0, 0.1) is 0 Å². The summed E-state index contributed by atoms with van der Waals surface area (Å²) >= 11 is 0. The molecule has 0 unspecified atom stereocenters. The number of hydrogen-bond acceptors (Lipinski definition) is 3. The van der Waals surface area contributed by atoms with Gasteiger partial charge in [-0.25, -0.2) is 9.69 Å². The lowest BCUT2D eigenvalue weighted by molar-refractivity contribution is -0.234. The molecular formula is C11H19F3N2O2. The molecule has 1 aliphatic heterocycles. The van der Waals surface area contributed by atoms with Crippen molar-refractivity contribution in [1.29, 1.82) is 0 Å². The van der Waals surface area contributed by atoms with Crippen LogP contribution in [0.2, 0.25) is 0 Å². The molecule has 1 N–H and O–H groups in total. The normalized spacial score (nSPS) is 20.9. The summed E-state index contributed by atoms with van der Waals surface area (Å²) in [7, 11) is 0. The van der Waals surface area contributed by atoms with Gasteiger partial charge >= 0.3 is 12.4 Å². The Kier molecular flexibility index (Phi) is 4.47. The van der Waals surface area contributed by atoms with E-state index in [9.17, 15) is 18.0 Å². The van der Waals surface area contributed by atoms with Crippen LogP contribution in [0.1, 0.15) is 33.6 Å². The molecule has 0 radical (unpaired) electrons. The van der Waals surface area contributed by atoms with Crippen molar-refractivity contribution in [1.82, 2.24) is 10.2 Å². The largest absolute Gasteiger partial charge is 0.489 e. The summed E-state index contributed by atoms with van der Waals surface area (Å²) in [5.41, 5.74) is -0.941. The first kappa shape index (κ1) is 15.1. The predicted octanol–water partition coefficient (Wildman–Crippen LogP) is 2.50. The number of amides is 1. The number of carbonyl (C=O) groups is 1. The second kappa shape index (κ2) is 5.34. The Bertz CT molecular complexity index is 294. The molecule has 18 heavy (non-hydrogen) atoms. The van der Waals surface area contributed by atoms with Gasteiger partial charge in [-0.15, -0.1) is 13.2 Å². The molecule has 1 rings (SSSR count). The van der Waals surface area contributed by atoms with Crippen molar-refractivity contribution in [2.75, 3.05) is 13.1 Å². The fourth-order valence-electron chi connectivity index (χ4n) is 1.73. The van der Waals surface area contributed by atoms with E-state index in [0.29, 0.717) is 13.0 Å². The molecule has 0 aromatic carbocycles. The highest BCUT2D eigenvalue weighted by Crippen LogP contribution is 2.25. The van der Waals surface area contributed by atoms with Crippen molar-refractivity contribution in [3.63, 3.8) is 0 Å². The third-order valence-corrected chi connectivity index (χ3v) is 2.49. The fraction of sp³-hybridized carbons (Fsp3) is 0.909. The van der Waals surface area contributed by atoms with Crippen LogP contribution in [0.3, 0.4) is 0 Å². The summed E-state index contributed by atoms with van der Waals surface area (Å²) < 4.78 is 43.2. The summed E-state index contributed by atoms with van der Waals surface area (Å²) in [6, 6.07) is -0.320. The van der Waals surface area contributed by atoms with Crippen LogP contribution in [0.5, 0.6) is 0 Å². The monoisotopic (exact) mass is 268 g/mol. The Balaban J connectivity index is 2.68. The van der Waals surface area contributed by atoms with Crippen molar-refractivity contribution in [3.05, 3.63) is 0 Å². The van der Waals surface area contributed by atoms with Crippen LogP contribution in [0.4, 0.5) is 18.0 Å². The van der Waals surface area contributed by atoms with Crippen molar-refractivity contribution < 1.29 is 22.7 Å². The maximum atomic E-state index is 12.8. The zero-order valence-corrected chi connectivity index (χ0v) is 10.8. The minimum Gasteiger partial charge on any atom is -0.444 e. The number of ether oxygens (including phenoxy) is 1. The van der Waals surface area contributed by atoms with Gasteiger partial charge in [-0.1, -0.05) is 0 Å². The van der Waals surface area contributed by atoms with E-state index in [-0.39, 0.29) is 10.9 Å². The van der Waals surface area contributed by atoms with E-state index in [1.54, 1.807) is 0 Å². The van der Waals surface area contributed by atoms with Crippen LogP contribution < -0.4 is 5.32 Å². The Morgan fingerprint density at radius 1 is 1.39 bits per heavy atom. The molecule has 106 valence electrons. The zero-order valence-electron chi connectivity index (χ0n) is 10.8. The maximum absolute atomic E-state index is 12.8. The number of hydrogen-bond donors (Lipinski definition) is 1. The van der Waals surface area contributed by atoms with Gasteiger partial charge in [-0.3, -0.25) is 0 Å². The van der Waals surface area contributed by atoms with Crippen molar-refractivity contribution in [3.8, 4) is 0 Å². The SMILES string of the molecule is CC(C)(C)OC(=O)N(C[C@@H]1CCCN1)C(F)(F)F. The molecule has 1 amide bonds. The average molecular weight is 268 g/mol. The molecule has 0 aromatic heterocycles. The van der Waals surface area contributed by atoms with Crippen LogP contribution >= 0.6 is 0 Å². The van der Waals surface area contributed by atoms with Crippen molar-refractivity contribution in [2.45, 2.75) is 51.6 Å². The summed E-state index contributed by atoms with van der Waals surface area (Å²) in [6.07, 6.45) is -4.60. The molecule has 0 aliphatic carbocycles. The Labute approximate surface area is 104 Å². The van der Waals surface area contributed by atoms with Crippen molar-refractivity contribution in [2.24, 2.45) is 0 Å². The first-order chi connectivity index (χ1) is 8.09. The van der Waals surface area contributed by atoms with Gasteiger partial charge in [-0.2, -0.15) is 0 Å². The standard InChI is InChI=1S/C11H19F3N2O2/c1-10(2,3)18-9(17)16(11(12,13)14)7-8-5-4-6-15-8/h8,15H,4-7H2,1-3H3/t8-/m0/s1. The summed E-state index contributed by atoms with van der Waals surface area (Å²) in [5.74, 6) is 0. The van der Waals surface area contributed by atoms with E-state index in [2.05, 4.69) is 5.32 Å². The molecule has 1 fully saturated rings. The molecule has 0 saturated carbocycles. The van der Waals surface area contributed by atoms with Gasteiger partial charge in [0.25, 0.3) is 0 Å². The second-order valence-electron chi connectivity index (χ2n) is 5.35. The number of rotatable bonds is 2. The van der Waals surface area contributed by atoms with E-state index in [4.69, 9.17) is 4.74 Å². The summed E-state index contributed by atoms with van der Waals surface area (Å²) in [4.78, 5) is 11.4. The number of nitrogens with zero attached hydrogens (tertiary/aromatic N) is 1. The molecule has 0 aromatic rings. The predicted molar refractivity (Wildman–Crippen MR) is 60.0 cm³/mol. The molecule has 0 spiro atoms. The first-order valence-corrected chi connectivity index (χ1v) is 5.90. The van der Waals surface area contributed by atoms with Crippen LogP contribution in [0.25, 0.3) is 0 Å². The minimum absolute atomic E-state index is 0.165. The van der Waals surface area contributed by atoms with E-state index in [1.165, 1.54) is 20.8 Å². The molecule has 1 heterocycles. The first-order valence-electron chi connectivity index (χ1n) is 5.90. The molecule has 1 saturated heterocycles. The van der Waals surface area contributed by atoms with Gasteiger partial charge in [0.1, 0.15) is 5.60 Å². The number of halogens is 3. The zero-order chi connectivity index (χ0) is 14.0. The van der Waals surface area contributed by atoms with Gasteiger partial charge in [-0.05, 0) is 40.2 Å². The third kappa shape index (κ3) is 4.72. The van der Waals surface area contributed by atoms with Gasteiger partial charge in [0.15, 0.2) is 0 Å². The van der Waals surface area contributed by atoms with Crippen LogP contribution in [-0.2, 0) is 4.74 Å². The van der Waals surface area contributed by atoms with Gasteiger partial charge in [0.2, 0.25) is 0 Å². The van der Waals surface area contributed by atoms with Crippen LogP contribution in [0.15, 0.2) is 0 Å². The Morgan fingerprint density at radius 3 is 2.39 bits per heavy atom. The Hall–Kier alpha value is -0.980. The Morgan fingerprint density at radius 2 is 2.00 bits per heavy atom. The van der Waals surface area contributed by atoms with Gasteiger partial charge < -0.3 is 10.1 Å². The number of alkyl halides is 3. The number of nitrogens with one attached hydrogen (secondary N) is 1. The van der Waals surface area contributed by atoms with Gasteiger partial charge in [0, 0.05) is 12.6 Å². The maximum Gasteiger partial charge on any atom is 0.489 e. The number of carbonyl (C=O) groups excluding carboxylic acids is 1. The summed E-state index contributed by atoms with van der Waals surface area (Å²) in [5, 5.41) is 2.93. The molecule has 4 nitrogen and oxygen atoms in total. The van der Waals surface area contributed by atoms with E-state index >= 15 is 0 Å².